The van der Waals surface area contributed by atoms with E-state index in [4.69, 9.17) is 0 Å². The molecule has 3 aromatic rings. The summed E-state index contributed by atoms with van der Waals surface area (Å²) in [5.74, 6) is 1.58. The van der Waals surface area contributed by atoms with Gasteiger partial charge >= 0.3 is 0 Å². The quantitative estimate of drug-likeness (QED) is 0.640. The number of hydrogen-bond acceptors (Lipinski definition) is 7. The van der Waals surface area contributed by atoms with Gasteiger partial charge in [0.15, 0.2) is 0 Å². The van der Waals surface area contributed by atoms with Crippen LogP contribution in [-0.2, 0) is 0 Å². The minimum atomic E-state index is 0.146. The second kappa shape index (κ2) is 6.87. The molecule has 28 heavy (non-hydrogen) atoms. The number of nitrogens with zero attached hydrogens (tertiary/aromatic N) is 5. The summed E-state index contributed by atoms with van der Waals surface area (Å²) in [4.78, 5) is 6.75. The van der Waals surface area contributed by atoms with Crippen molar-refractivity contribution in [3.63, 3.8) is 0 Å². The van der Waals surface area contributed by atoms with E-state index in [1.165, 1.54) is 12.8 Å². The van der Waals surface area contributed by atoms with Crippen molar-refractivity contribution in [1.29, 1.82) is 0 Å². The number of H-pyrrole nitrogens is 1. The van der Waals surface area contributed by atoms with Gasteiger partial charge < -0.3 is 15.3 Å². The van der Waals surface area contributed by atoms with Gasteiger partial charge in [-0.25, -0.2) is 4.98 Å². The molecule has 0 amide bonds. The molecular weight excluding hydrogens is 354 g/mol. The van der Waals surface area contributed by atoms with Crippen LogP contribution in [0.2, 0.25) is 0 Å². The van der Waals surface area contributed by atoms with Crippen LogP contribution in [0.1, 0.15) is 19.8 Å². The predicted octanol–water partition coefficient (Wildman–Crippen LogP) is 2.21. The summed E-state index contributed by atoms with van der Waals surface area (Å²) in [6.45, 7) is 3.98. The number of rotatable bonds is 4. The molecule has 8 heteroatoms. The molecule has 3 heterocycles. The summed E-state index contributed by atoms with van der Waals surface area (Å²) in [6.07, 6.45) is 7.81. The summed E-state index contributed by atoms with van der Waals surface area (Å²) in [5.41, 5.74) is 2.97. The first kappa shape index (κ1) is 17.1. The lowest BCUT2D eigenvalue weighted by Gasteiger charge is -2.37. The van der Waals surface area contributed by atoms with Crippen LogP contribution in [0.15, 0.2) is 36.8 Å². The second-order valence-corrected chi connectivity index (χ2v) is 7.78. The average molecular weight is 377 g/mol. The number of phenols is 1. The van der Waals surface area contributed by atoms with E-state index in [0.717, 1.165) is 30.1 Å². The lowest BCUT2D eigenvalue weighted by molar-refractivity contribution is 0.355. The topological polar surface area (TPSA) is 103 Å². The zero-order valence-electron chi connectivity index (χ0n) is 15.7. The van der Waals surface area contributed by atoms with Gasteiger partial charge in [0, 0.05) is 42.5 Å². The molecule has 1 aliphatic carbocycles. The van der Waals surface area contributed by atoms with Crippen LogP contribution in [0.5, 0.6) is 5.75 Å². The lowest BCUT2D eigenvalue weighted by Crippen LogP contribution is -2.56. The summed E-state index contributed by atoms with van der Waals surface area (Å²) in [5, 5.41) is 29.5. The molecule has 1 saturated carbocycles. The Labute approximate surface area is 163 Å². The van der Waals surface area contributed by atoms with E-state index >= 15 is 0 Å². The zero-order chi connectivity index (χ0) is 19.1. The molecule has 2 atom stereocenters. The van der Waals surface area contributed by atoms with Crippen molar-refractivity contribution in [2.45, 2.75) is 31.8 Å². The molecule has 0 spiro atoms. The molecule has 0 unspecified atom stereocenters. The van der Waals surface area contributed by atoms with Crippen molar-refractivity contribution in [3.8, 4) is 28.1 Å². The molecule has 144 valence electrons. The normalized spacial score (nSPS) is 22.4. The van der Waals surface area contributed by atoms with Crippen molar-refractivity contribution >= 4 is 5.95 Å². The predicted molar refractivity (Wildman–Crippen MR) is 106 cm³/mol. The molecule has 2 aromatic heterocycles. The molecule has 0 bridgehead atoms. The fraction of sp³-hybridized carbons (Fsp3) is 0.400. The van der Waals surface area contributed by atoms with Crippen LogP contribution in [0, 0.1) is 5.92 Å². The van der Waals surface area contributed by atoms with Crippen molar-refractivity contribution in [2.24, 2.45) is 5.92 Å². The third kappa shape index (κ3) is 3.31. The van der Waals surface area contributed by atoms with Crippen molar-refractivity contribution < 1.29 is 5.11 Å². The van der Waals surface area contributed by atoms with Crippen molar-refractivity contribution in [2.75, 3.05) is 18.0 Å². The minimum Gasteiger partial charge on any atom is -0.507 e. The van der Waals surface area contributed by atoms with Gasteiger partial charge in [-0.15, -0.1) is 10.2 Å². The molecular formula is C20H23N7O. The summed E-state index contributed by atoms with van der Waals surface area (Å²) < 4.78 is 0. The molecule has 0 radical (unpaired) electrons. The number of phenolic OH excluding ortho intramolecular Hbond substituents is 1. The SMILES string of the molecule is C[C@H]1CN(c2ncc(-c3ccc(-c4cn[nH]c4)cc3O)nn2)C[C@@H](C2CC2)N1. The Morgan fingerprint density at radius 3 is 2.68 bits per heavy atom. The van der Waals surface area contributed by atoms with E-state index in [1.54, 1.807) is 24.7 Å². The standard InChI is InChI=1S/C20H23N7O/c1-12-10-27(11-18(24-12)13-2-3-13)20-21-9-17(25-26-20)16-5-4-14(6-19(16)28)15-7-22-23-8-15/h4-9,12-13,18,24,28H,2-3,10-11H2,1H3,(H,22,23)/t12-,18-/m0/s1. The molecule has 1 aliphatic heterocycles. The maximum atomic E-state index is 10.5. The van der Waals surface area contributed by atoms with Crippen LogP contribution in [0.4, 0.5) is 5.95 Å². The highest BCUT2D eigenvalue weighted by molar-refractivity contribution is 5.73. The highest BCUT2D eigenvalue weighted by Gasteiger charge is 2.36. The molecule has 5 rings (SSSR count). The Bertz CT molecular complexity index is 953. The van der Waals surface area contributed by atoms with E-state index in [-0.39, 0.29) is 5.75 Å². The maximum Gasteiger partial charge on any atom is 0.245 e. The number of anilines is 1. The van der Waals surface area contributed by atoms with E-state index < -0.39 is 0 Å². The van der Waals surface area contributed by atoms with Crippen LogP contribution in [-0.4, -0.2) is 55.7 Å². The first-order valence-electron chi connectivity index (χ1n) is 9.70. The maximum absolute atomic E-state index is 10.5. The van der Waals surface area contributed by atoms with Gasteiger partial charge in [-0.3, -0.25) is 5.10 Å². The molecule has 3 N–H and O–H groups in total. The monoisotopic (exact) mass is 377 g/mol. The van der Waals surface area contributed by atoms with Gasteiger partial charge in [-0.05, 0) is 43.4 Å². The van der Waals surface area contributed by atoms with Crippen LogP contribution < -0.4 is 10.2 Å². The van der Waals surface area contributed by atoms with Gasteiger partial charge in [0.2, 0.25) is 5.95 Å². The molecule has 1 saturated heterocycles. The van der Waals surface area contributed by atoms with E-state index in [9.17, 15) is 5.11 Å². The average Bonchev–Trinajstić information content (AvgIpc) is 3.42. The highest BCUT2D eigenvalue weighted by Crippen LogP contribution is 2.35. The molecule has 2 aliphatic rings. The zero-order valence-corrected chi connectivity index (χ0v) is 15.7. The summed E-state index contributed by atoms with van der Waals surface area (Å²) in [7, 11) is 0. The summed E-state index contributed by atoms with van der Waals surface area (Å²) >= 11 is 0. The number of hydrogen-bond donors (Lipinski definition) is 3. The van der Waals surface area contributed by atoms with Crippen LogP contribution in [0.25, 0.3) is 22.4 Å². The van der Waals surface area contributed by atoms with E-state index in [1.807, 2.05) is 12.1 Å². The van der Waals surface area contributed by atoms with Gasteiger partial charge in [-0.1, -0.05) is 6.07 Å². The number of nitrogens with one attached hydrogen (secondary N) is 2. The first-order chi connectivity index (χ1) is 13.7. The fourth-order valence-electron chi connectivity index (χ4n) is 3.93. The van der Waals surface area contributed by atoms with Gasteiger partial charge in [-0.2, -0.15) is 5.10 Å². The Kier molecular flexibility index (Phi) is 4.20. The van der Waals surface area contributed by atoms with Crippen LogP contribution in [0.3, 0.4) is 0 Å². The Hall–Kier alpha value is -3.00. The second-order valence-electron chi connectivity index (χ2n) is 7.78. The first-order valence-corrected chi connectivity index (χ1v) is 9.70. The Morgan fingerprint density at radius 1 is 1.11 bits per heavy atom. The van der Waals surface area contributed by atoms with Crippen LogP contribution >= 0.6 is 0 Å². The molecule has 1 aromatic carbocycles. The minimum absolute atomic E-state index is 0.146. The number of aromatic hydroxyl groups is 1. The fourth-order valence-corrected chi connectivity index (χ4v) is 3.93. The summed E-state index contributed by atoms with van der Waals surface area (Å²) in [6, 6.07) is 6.37. The highest BCUT2D eigenvalue weighted by atomic mass is 16.3. The van der Waals surface area contributed by atoms with Crippen molar-refractivity contribution in [3.05, 3.63) is 36.8 Å². The third-order valence-electron chi connectivity index (χ3n) is 5.54. The Balaban J connectivity index is 1.36. The van der Waals surface area contributed by atoms with E-state index in [0.29, 0.717) is 29.3 Å². The number of piperazine rings is 1. The third-order valence-corrected chi connectivity index (χ3v) is 5.54. The number of benzene rings is 1. The van der Waals surface area contributed by atoms with Gasteiger partial charge in [0.25, 0.3) is 0 Å². The molecule has 8 nitrogen and oxygen atoms in total. The van der Waals surface area contributed by atoms with Crippen molar-refractivity contribution in [1.82, 2.24) is 30.7 Å². The lowest BCUT2D eigenvalue weighted by atomic mass is 10.0. The number of aromatic nitrogens is 5. The van der Waals surface area contributed by atoms with E-state index in [2.05, 4.69) is 42.5 Å². The number of aromatic amines is 1. The largest absolute Gasteiger partial charge is 0.507 e. The molecule has 2 fully saturated rings. The van der Waals surface area contributed by atoms with Gasteiger partial charge in [0.05, 0.1) is 12.4 Å². The Morgan fingerprint density at radius 2 is 2.00 bits per heavy atom. The van der Waals surface area contributed by atoms with Gasteiger partial charge in [0.1, 0.15) is 11.4 Å². The smallest absolute Gasteiger partial charge is 0.245 e.